The second-order valence-corrected chi connectivity index (χ2v) is 10.8. The molecule has 0 saturated carbocycles. The van der Waals surface area contributed by atoms with E-state index in [1.807, 2.05) is 27.8 Å². The minimum atomic E-state index is -3.80. The number of carbonyl (C=O) groups is 1. The van der Waals surface area contributed by atoms with Gasteiger partial charge in [-0.2, -0.15) is 5.10 Å². The lowest BCUT2D eigenvalue weighted by Crippen LogP contribution is -2.37. The maximum atomic E-state index is 14.2. The summed E-state index contributed by atoms with van der Waals surface area (Å²) < 4.78 is 43.2. The first kappa shape index (κ1) is 23.9. The van der Waals surface area contributed by atoms with Gasteiger partial charge in [0, 0.05) is 29.4 Å². The Hall–Kier alpha value is -3.27. The Kier molecular flexibility index (Phi) is 5.55. The Balaban J connectivity index is 2.26. The van der Waals surface area contributed by atoms with E-state index >= 15 is 0 Å². The molecular formula is C24H27FN4O4S. The second-order valence-electron chi connectivity index (χ2n) is 8.89. The van der Waals surface area contributed by atoms with Crippen molar-refractivity contribution < 1.29 is 22.7 Å². The number of sulfonamides is 1. The van der Waals surface area contributed by atoms with E-state index in [0.29, 0.717) is 44.8 Å². The summed E-state index contributed by atoms with van der Waals surface area (Å²) in [5, 5.41) is 14.3. The van der Waals surface area contributed by atoms with Crippen LogP contribution in [0.4, 0.5) is 10.1 Å². The quantitative estimate of drug-likeness (QED) is 0.598. The number of hydrogen-bond donors (Lipinski definition) is 1. The van der Waals surface area contributed by atoms with Crippen molar-refractivity contribution in [2.75, 3.05) is 10.6 Å². The number of benzene rings is 1. The minimum absolute atomic E-state index is 0.293. The molecule has 0 unspecified atom stereocenters. The molecule has 2 aromatic heterocycles. The molecule has 0 spiro atoms. The number of nitrogens with zero attached hydrogens (tertiary/aromatic N) is 4. The zero-order valence-corrected chi connectivity index (χ0v) is 21.0. The molecule has 1 N–H and O–H groups in total. The number of anilines is 1. The van der Waals surface area contributed by atoms with Crippen LogP contribution in [-0.2, 0) is 28.3 Å². The fraction of sp³-hybridized carbons (Fsp3) is 0.375. The predicted molar refractivity (Wildman–Crippen MR) is 128 cm³/mol. The van der Waals surface area contributed by atoms with Gasteiger partial charge >= 0.3 is 5.97 Å². The molecule has 8 nitrogen and oxygen atoms in total. The molecule has 34 heavy (non-hydrogen) atoms. The number of carboxylic acid groups (broad SMARTS) is 1. The number of aliphatic carboxylic acids is 1. The SMILES string of the molecule is Cc1nn(C)c(C)c1-c1c(C)c2c(c(C)c1CC(=O)O)N(S(C)(=O)=O)[C@@H](C)c1cc(F)cnc1-2. The van der Waals surface area contributed by atoms with E-state index in [2.05, 4.69) is 10.1 Å². The summed E-state index contributed by atoms with van der Waals surface area (Å²) in [7, 11) is -1.98. The Bertz CT molecular complexity index is 1480. The average molecular weight is 487 g/mol. The van der Waals surface area contributed by atoms with Crippen LogP contribution < -0.4 is 4.31 Å². The number of rotatable bonds is 4. The van der Waals surface area contributed by atoms with E-state index in [4.69, 9.17) is 0 Å². The lowest BCUT2D eigenvalue weighted by Gasteiger charge is -2.39. The van der Waals surface area contributed by atoms with Crippen molar-refractivity contribution in [2.24, 2.45) is 7.05 Å². The van der Waals surface area contributed by atoms with Crippen LogP contribution in [0, 0.1) is 33.5 Å². The van der Waals surface area contributed by atoms with Crippen LogP contribution in [0.3, 0.4) is 0 Å². The summed E-state index contributed by atoms with van der Waals surface area (Å²) >= 11 is 0. The van der Waals surface area contributed by atoms with Gasteiger partial charge in [-0.05, 0) is 62.9 Å². The van der Waals surface area contributed by atoms with Crippen LogP contribution in [0.2, 0.25) is 0 Å². The van der Waals surface area contributed by atoms with Gasteiger partial charge in [-0.15, -0.1) is 0 Å². The van der Waals surface area contributed by atoms with Gasteiger partial charge in [0.2, 0.25) is 10.0 Å². The first-order valence-electron chi connectivity index (χ1n) is 10.8. The Morgan fingerprint density at radius 1 is 1.15 bits per heavy atom. The normalized spacial score (nSPS) is 15.3. The summed E-state index contributed by atoms with van der Waals surface area (Å²) in [6, 6.07) is 0.595. The smallest absolute Gasteiger partial charge is 0.307 e. The highest BCUT2D eigenvalue weighted by Gasteiger charge is 2.39. The van der Waals surface area contributed by atoms with Crippen LogP contribution >= 0.6 is 0 Å². The standard InChI is InChI=1S/C24H27FN4O4S/c1-11-17(9-19(30)31)20(22-13(3)27-28(6)15(22)5)12(2)21-23-18(8-16(25)10-26-23)14(4)29(24(11)21)34(7,32)33/h8,10,14H,9H2,1-7H3,(H,30,31)/t14-/m0/s1. The summed E-state index contributed by atoms with van der Waals surface area (Å²) in [6.45, 7) is 9.00. The molecule has 0 bridgehead atoms. The van der Waals surface area contributed by atoms with Crippen molar-refractivity contribution in [1.29, 1.82) is 0 Å². The molecule has 3 aromatic rings. The number of aryl methyl sites for hydroxylation is 2. The highest BCUT2D eigenvalue weighted by molar-refractivity contribution is 7.92. The molecule has 10 heteroatoms. The minimum Gasteiger partial charge on any atom is -0.481 e. The van der Waals surface area contributed by atoms with Crippen LogP contribution in [0.25, 0.3) is 22.4 Å². The highest BCUT2D eigenvalue weighted by atomic mass is 32.2. The fourth-order valence-corrected chi connectivity index (χ4v) is 6.46. The van der Waals surface area contributed by atoms with Gasteiger partial charge in [-0.25, -0.2) is 12.8 Å². The van der Waals surface area contributed by atoms with Crippen molar-refractivity contribution in [2.45, 2.75) is 47.1 Å². The highest BCUT2D eigenvalue weighted by Crippen LogP contribution is 2.52. The molecule has 1 atom stereocenters. The van der Waals surface area contributed by atoms with Gasteiger partial charge in [-0.3, -0.25) is 18.8 Å². The first-order chi connectivity index (χ1) is 15.8. The number of pyridine rings is 1. The van der Waals surface area contributed by atoms with E-state index in [9.17, 15) is 22.7 Å². The molecule has 1 aromatic carbocycles. The molecule has 1 aliphatic heterocycles. The average Bonchev–Trinajstić information content (AvgIpc) is 2.97. The Labute approximate surface area is 198 Å². The maximum Gasteiger partial charge on any atom is 0.307 e. The second kappa shape index (κ2) is 7.90. The third kappa shape index (κ3) is 3.48. The lowest BCUT2D eigenvalue weighted by molar-refractivity contribution is -0.136. The first-order valence-corrected chi connectivity index (χ1v) is 12.6. The van der Waals surface area contributed by atoms with Crippen LogP contribution in [0.1, 0.15) is 46.6 Å². The largest absolute Gasteiger partial charge is 0.481 e. The Morgan fingerprint density at radius 2 is 1.79 bits per heavy atom. The Morgan fingerprint density at radius 3 is 2.32 bits per heavy atom. The topological polar surface area (TPSA) is 105 Å². The molecule has 0 fully saturated rings. The summed E-state index contributed by atoms with van der Waals surface area (Å²) in [5.41, 5.74) is 6.71. The fourth-order valence-electron chi connectivity index (χ4n) is 5.21. The van der Waals surface area contributed by atoms with E-state index < -0.39 is 27.9 Å². The van der Waals surface area contributed by atoms with Crippen molar-refractivity contribution in [1.82, 2.24) is 14.8 Å². The molecule has 1 aliphatic rings. The van der Waals surface area contributed by atoms with E-state index in [-0.39, 0.29) is 6.42 Å². The van der Waals surface area contributed by atoms with Gasteiger partial charge in [0.25, 0.3) is 0 Å². The van der Waals surface area contributed by atoms with Gasteiger partial charge in [-0.1, -0.05) is 0 Å². The predicted octanol–water partition coefficient (Wildman–Crippen LogP) is 3.99. The molecule has 4 rings (SSSR count). The molecule has 0 amide bonds. The van der Waals surface area contributed by atoms with Crippen molar-refractivity contribution in [3.63, 3.8) is 0 Å². The van der Waals surface area contributed by atoms with Gasteiger partial charge in [0.05, 0.1) is 42.0 Å². The maximum absolute atomic E-state index is 14.2. The van der Waals surface area contributed by atoms with Crippen LogP contribution in [0.5, 0.6) is 0 Å². The van der Waals surface area contributed by atoms with E-state index in [0.717, 1.165) is 29.4 Å². The number of aromatic nitrogens is 3. The van der Waals surface area contributed by atoms with Crippen molar-refractivity contribution >= 4 is 21.7 Å². The molecular weight excluding hydrogens is 459 g/mol. The molecule has 0 aliphatic carbocycles. The molecule has 0 saturated heterocycles. The zero-order chi connectivity index (χ0) is 25.3. The molecule has 180 valence electrons. The lowest BCUT2D eigenvalue weighted by atomic mass is 9.81. The number of carboxylic acids is 1. The third-order valence-electron chi connectivity index (χ3n) is 6.68. The summed E-state index contributed by atoms with van der Waals surface area (Å²) in [4.78, 5) is 16.3. The van der Waals surface area contributed by atoms with E-state index in [1.165, 1.54) is 10.4 Å². The monoisotopic (exact) mass is 486 g/mol. The van der Waals surface area contributed by atoms with Crippen molar-refractivity contribution in [3.05, 3.63) is 51.7 Å². The van der Waals surface area contributed by atoms with Gasteiger partial charge < -0.3 is 5.11 Å². The van der Waals surface area contributed by atoms with Gasteiger partial charge in [0.1, 0.15) is 5.82 Å². The van der Waals surface area contributed by atoms with Crippen molar-refractivity contribution in [3.8, 4) is 22.4 Å². The zero-order valence-electron chi connectivity index (χ0n) is 20.2. The van der Waals surface area contributed by atoms with Gasteiger partial charge in [0.15, 0.2) is 0 Å². The van der Waals surface area contributed by atoms with Crippen LogP contribution in [0.15, 0.2) is 12.3 Å². The third-order valence-corrected chi connectivity index (χ3v) is 7.90. The summed E-state index contributed by atoms with van der Waals surface area (Å²) in [5.74, 6) is -1.59. The van der Waals surface area contributed by atoms with E-state index in [1.54, 1.807) is 18.5 Å². The molecule has 3 heterocycles. The number of halogens is 1. The number of hydrogen-bond acceptors (Lipinski definition) is 5. The summed E-state index contributed by atoms with van der Waals surface area (Å²) in [6.07, 6.45) is 1.92. The number of fused-ring (bicyclic) bond motifs is 3. The van der Waals surface area contributed by atoms with Crippen LogP contribution in [-0.4, -0.2) is 40.5 Å². The molecule has 0 radical (unpaired) electrons.